The first-order chi connectivity index (χ1) is 24.8. The Hall–Kier alpha value is -6.04. The maximum absolute atomic E-state index is 6.56. The third kappa shape index (κ3) is 3.59. The zero-order valence-corrected chi connectivity index (χ0v) is 27.6. The van der Waals surface area contributed by atoms with Crippen LogP contribution in [0.2, 0.25) is 0 Å². The van der Waals surface area contributed by atoms with Gasteiger partial charge in [-0.05, 0) is 70.0 Å². The fourth-order valence-corrected chi connectivity index (χ4v) is 9.88. The number of fused-ring (bicyclic) bond motifs is 15. The molecule has 0 spiro atoms. The summed E-state index contributed by atoms with van der Waals surface area (Å²) in [4.78, 5) is 12.2. The van der Waals surface area contributed by atoms with E-state index in [-0.39, 0.29) is 0 Å². The molecular formula is C45H27N3OS. The van der Waals surface area contributed by atoms with E-state index in [9.17, 15) is 0 Å². The quantitative estimate of drug-likeness (QED) is 0.190. The molecule has 0 bridgehead atoms. The van der Waals surface area contributed by atoms with Gasteiger partial charge in [-0.1, -0.05) is 115 Å². The lowest BCUT2D eigenvalue weighted by Gasteiger charge is -2.12. The monoisotopic (exact) mass is 657 g/mol. The molecule has 5 heteroatoms. The second kappa shape index (κ2) is 9.78. The minimum atomic E-state index is 0.609. The zero-order valence-electron chi connectivity index (χ0n) is 26.8. The number of nitrogens with zero attached hydrogens (tertiary/aromatic N) is 3. The van der Waals surface area contributed by atoms with Crippen molar-refractivity contribution in [2.75, 3.05) is 0 Å². The van der Waals surface area contributed by atoms with Gasteiger partial charge in [0.15, 0.2) is 5.58 Å². The Morgan fingerprint density at radius 1 is 0.640 bits per heavy atom. The average molecular weight is 658 g/mol. The number of hydrogen-bond acceptors (Lipinski definition) is 4. The van der Waals surface area contributed by atoms with Gasteiger partial charge in [-0.3, -0.25) is 4.57 Å². The van der Waals surface area contributed by atoms with Crippen LogP contribution in [0.25, 0.3) is 99.1 Å². The van der Waals surface area contributed by atoms with Crippen LogP contribution in [0, 0.1) is 5.92 Å². The molecule has 0 radical (unpaired) electrons. The van der Waals surface area contributed by atoms with E-state index in [4.69, 9.17) is 14.4 Å². The summed E-state index contributed by atoms with van der Waals surface area (Å²) in [7, 11) is 0. The largest absolute Gasteiger partial charge is 0.452 e. The van der Waals surface area contributed by atoms with Crippen molar-refractivity contribution in [1.82, 2.24) is 14.5 Å². The Balaban J connectivity index is 1.22. The van der Waals surface area contributed by atoms with Crippen molar-refractivity contribution >= 4 is 82.1 Å². The first kappa shape index (κ1) is 26.9. The van der Waals surface area contributed by atoms with Gasteiger partial charge in [0.05, 0.1) is 15.7 Å². The van der Waals surface area contributed by atoms with Crippen LogP contribution in [-0.2, 0) is 0 Å². The SMILES string of the molecule is C1=CC2CC2c2c1sc1c2c2ccccc2c2c3ccccc3n(-c3nc(-c4ccc(-c5ccccc5)cc4)c4oc5ccccc5c4n3)c12. The van der Waals surface area contributed by atoms with Crippen LogP contribution in [-0.4, -0.2) is 14.5 Å². The van der Waals surface area contributed by atoms with Gasteiger partial charge >= 0.3 is 0 Å². The van der Waals surface area contributed by atoms with Gasteiger partial charge in [0, 0.05) is 32.0 Å². The van der Waals surface area contributed by atoms with E-state index in [2.05, 4.69) is 132 Å². The number of allylic oxidation sites excluding steroid dienone is 1. The predicted molar refractivity (Wildman–Crippen MR) is 207 cm³/mol. The molecule has 1 saturated carbocycles. The van der Waals surface area contributed by atoms with Gasteiger partial charge < -0.3 is 4.42 Å². The standard InChI is InChI=1S/C45H27N3OS/c1-2-10-25(11-3-1)26-18-20-27(21-19-26)40-43-41(32-15-7-9-17-35(32)49-43)47-45(46-40)48-34-16-8-6-14-31(34)37-29-12-4-5-13-30(29)39-38-33-24-28(33)22-23-36(38)50-44(39)42(37)48/h1-23,28,33H,24H2. The van der Waals surface area contributed by atoms with Gasteiger partial charge in [-0.2, -0.15) is 0 Å². The molecule has 50 heavy (non-hydrogen) atoms. The summed E-state index contributed by atoms with van der Waals surface area (Å²) in [5.41, 5.74) is 10.3. The van der Waals surface area contributed by atoms with E-state index < -0.39 is 0 Å². The first-order valence-corrected chi connectivity index (χ1v) is 18.1. The average Bonchev–Trinajstić information content (AvgIpc) is 3.54. The topological polar surface area (TPSA) is 43.9 Å². The fourth-order valence-electron chi connectivity index (χ4n) is 8.54. The molecule has 6 aromatic carbocycles. The summed E-state index contributed by atoms with van der Waals surface area (Å²) in [5.74, 6) is 1.93. The second-order valence-electron chi connectivity index (χ2n) is 13.7. The highest BCUT2D eigenvalue weighted by Gasteiger charge is 2.42. The molecule has 0 amide bonds. The van der Waals surface area contributed by atoms with Gasteiger partial charge in [0.2, 0.25) is 5.95 Å². The number of para-hydroxylation sites is 2. The van der Waals surface area contributed by atoms with Crippen molar-refractivity contribution in [3.8, 4) is 28.3 Å². The van der Waals surface area contributed by atoms with Crippen LogP contribution >= 0.6 is 11.3 Å². The molecule has 10 aromatic rings. The molecule has 0 saturated heterocycles. The number of hydrogen-bond donors (Lipinski definition) is 0. The van der Waals surface area contributed by atoms with E-state index in [1.54, 1.807) is 0 Å². The third-order valence-corrected chi connectivity index (χ3v) is 12.1. The Bertz CT molecular complexity index is 3070. The Labute approximate surface area is 290 Å². The third-order valence-electron chi connectivity index (χ3n) is 10.9. The molecule has 12 rings (SSSR count). The highest BCUT2D eigenvalue weighted by molar-refractivity contribution is 7.21. The minimum absolute atomic E-state index is 0.609. The lowest BCUT2D eigenvalue weighted by molar-refractivity contribution is 0.666. The fraction of sp³-hybridized carbons (Fsp3) is 0.0667. The summed E-state index contributed by atoms with van der Waals surface area (Å²) in [6, 6.07) is 45.1. The van der Waals surface area contributed by atoms with Gasteiger partial charge in [0.1, 0.15) is 16.8 Å². The number of thiophene rings is 1. The van der Waals surface area contributed by atoms with Crippen molar-refractivity contribution < 1.29 is 4.42 Å². The molecule has 1 fully saturated rings. The van der Waals surface area contributed by atoms with Gasteiger partial charge in [-0.15, -0.1) is 11.3 Å². The molecule has 4 nitrogen and oxygen atoms in total. The Kier molecular flexibility index (Phi) is 5.25. The smallest absolute Gasteiger partial charge is 0.236 e. The second-order valence-corrected chi connectivity index (χ2v) is 14.7. The van der Waals surface area contributed by atoms with Crippen LogP contribution in [0.15, 0.2) is 138 Å². The van der Waals surface area contributed by atoms with E-state index >= 15 is 0 Å². The Morgan fingerprint density at radius 3 is 2.16 bits per heavy atom. The van der Waals surface area contributed by atoms with Crippen LogP contribution < -0.4 is 0 Å². The number of furan rings is 1. The minimum Gasteiger partial charge on any atom is -0.452 e. The lowest BCUT2D eigenvalue weighted by atomic mass is 9.94. The van der Waals surface area contributed by atoms with Crippen LogP contribution in [0.1, 0.15) is 22.8 Å². The summed E-state index contributed by atoms with van der Waals surface area (Å²) in [6.07, 6.45) is 6.04. The molecule has 0 N–H and O–H groups in total. The van der Waals surface area contributed by atoms with Crippen molar-refractivity contribution in [2.45, 2.75) is 12.3 Å². The Morgan fingerprint density at radius 2 is 1.32 bits per heavy atom. The van der Waals surface area contributed by atoms with Crippen LogP contribution in [0.5, 0.6) is 0 Å². The molecule has 234 valence electrons. The summed E-state index contributed by atoms with van der Waals surface area (Å²) < 4.78 is 10.2. The van der Waals surface area contributed by atoms with Gasteiger partial charge in [0.25, 0.3) is 0 Å². The van der Waals surface area contributed by atoms with E-state index in [0.29, 0.717) is 23.4 Å². The molecule has 2 aliphatic carbocycles. The van der Waals surface area contributed by atoms with Crippen molar-refractivity contribution in [1.29, 1.82) is 0 Å². The molecule has 2 aliphatic rings. The van der Waals surface area contributed by atoms with Crippen LogP contribution in [0.4, 0.5) is 0 Å². The summed E-state index contributed by atoms with van der Waals surface area (Å²) in [6.45, 7) is 0. The molecule has 4 aromatic heterocycles. The summed E-state index contributed by atoms with van der Waals surface area (Å²) >= 11 is 1.92. The van der Waals surface area contributed by atoms with E-state index in [1.165, 1.54) is 59.6 Å². The maximum Gasteiger partial charge on any atom is 0.236 e. The number of rotatable bonds is 3. The highest BCUT2D eigenvalue weighted by Crippen LogP contribution is 2.59. The molecule has 2 atom stereocenters. The van der Waals surface area contributed by atoms with Gasteiger partial charge in [-0.25, -0.2) is 9.97 Å². The van der Waals surface area contributed by atoms with Crippen molar-refractivity contribution in [2.24, 2.45) is 5.92 Å². The maximum atomic E-state index is 6.56. The van der Waals surface area contributed by atoms with Crippen LogP contribution in [0.3, 0.4) is 0 Å². The number of benzene rings is 6. The first-order valence-electron chi connectivity index (χ1n) is 17.2. The lowest BCUT2D eigenvalue weighted by Crippen LogP contribution is -2.03. The molecular weight excluding hydrogens is 631 g/mol. The van der Waals surface area contributed by atoms with E-state index in [1.807, 2.05) is 23.5 Å². The number of aromatic nitrogens is 3. The highest BCUT2D eigenvalue weighted by atomic mass is 32.1. The summed E-state index contributed by atoms with van der Waals surface area (Å²) in [5, 5.41) is 7.48. The molecule has 0 aliphatic heterocycles. The zero-order chi connectivity index (χ0) is 32.5. The molecule has 4 heterocycles. The van der Waals surface area contributed by atoms with Crippen molar-refractivity contribution in [3.05, 3.63) is 144 Å². The normalized spacial score (nSPS) is 16.6. The predicted octanol–water partition coefficient (Wildman–Crippen LogP) is 12.3. The van der Waals surface area contributed by atoms with Crippen molar-refractivity contribution in [3.63, 3.8) is 0 Å². The molecule has 2 unspecified atom stereocenters. The van der Waals surface area contributed by atoms with E-state index in [0.717, 1.165) is 38.8 Å².